The molecule has 5 nitrogen and oxygen atoms in total. The van der Waals surface area contributed by atoms with Gasteiger partial charge in [-0.25, -0.2) is 0 Å². The van der Waals surface area contributed by atoms with E-state index in [1.54, 1.807) is 0 Å². The van der Waals surface area contributed by atoms with Gasteiger partial charge in [-0.3, -0.25) is 4.99 Å². The molecule has 1 saturated carbocycles. The second kappa shape index (κ2) is 9.20. The minimum absolute atomic E-state index is 0.225. The fourth-order valence-corrected chi connectivity index (χ4v) is 3.29. The molecule has 138 valence electrons. The lowest BCUT2D eigenvalue weighted by atomic mass is 10.1. The van der Waals surface area contributed by atoms with Crippen LogP contribution in [0, 0.1) is 5.92 Å². The van der Waals surface area contributed by atoms with Gasteiger partial charge in [0.1, 0.15) is 0 Å². The van der Waals surface area contributed by atoms with Gasteiger partial charge in [0.25, 0.3) is 0 Å². The Bertz CT molecular complexity index is 543. The molecule has 3 rings (SSSR count). The summed E-state index contributed by atoms with van der Waals surface area (Å²) in [5.74, 6) is 2.23. The Morgan fingerprint density at radius 2 is 2.20 bits per heavy atom. The fourth-order valence-electron chi connectivity index (χ4n) is 3.29. The zero-order chi connectivity index (χ0) is 17.5. The first-order valence-corrected chi connectivity index (χ1v) is 9.55. The molecule has 4 atom stereocenters. The zero-order valence-corrected chi connectivity index (χ0v) is 15.4. The molecule has 2 N–H and O–H groups in total. The number of rotatable bonds is 8. The second-order valence-corrected chi connectivity index (χ2v) is 7.10. The van der Waals surface area contributed by atoms with E-state index in [-0.39, 0.29) is 12.1 Å². The molecule has 1 heterocycles. The highest BCUT2D eigenvalue weighted by Gasteiger charge is 2.37. The Balaban J connectivity index is 1.43. The third-order valence-corrected chi connectivity index (χ3v) is 4.83. The van der Waals surface area contributed by atoms with Crippen molar-refractivity contribution in [1.29, 1.82) is 0 Å². The summed E-state index contributed by atoms with van der Waals surface area (Å²) in [4.78, 5) is 4.79. The number of benzene rings is 1. The summed E-state index contributed by atoms with van der Waals surface area (Å²) in [5.41, 5.74) is 1.45. The number of hydrogen-bond donors (Lipinski definition) is 2. The van der Waals surface area contributed by atoms with Gasteiger partial charge in [0, 0.05) is 25.7 Å². The molecule has 1 saturated heterocycles. The van der Waals surface area contributed by atoms with Crippen molar-refractivity contribution in [1.82, 2.24) is 10.6 Å². The average molecular weight is 345 g/mol. The Morgan fingerprint density at radius 3 is 2.92 bits per heavy atom. The lowest BCUT2D eigenvalue weighted by molar-refractivity contribution is 0.0347. The van der Waals surface area contributed by atoms with Crippen LogP contribution in [0.2, 0.25) is 0 Å². The largest absolute Gasteiger partial charge is 0.379 e. The van der Waals surface area contributed by atoms with Gasteiger partial charge < -0.3 is 20.1 Å². The Morgan fingerprint density at radius 1 is 1.36 bits per heavy atom. The van der Waals surface area contributed by atoms with Gasteiger partial charge in [0.15, 0.2) is 5.96 Å². The molecule has 1 aliphatic carbocycles. The molecule has 1 aromatic rings. The van der Waals surface area contributed by atoms with E-state index in [1.165, 1.54) is 12.0 Å². The van der Waals surface area contributed by atoms with E-state index < -0.39 is 0 Å². The summed E-state index contributed by atoms with van der Waals surface area (Å²) >= 11 is 0. The summed E-state index contributed by atoms with van der Waals surface area (Å²) in [7, 11) is 0. The van der Waals surface area contributed by atoms with Crippen molar-refractivity contribution in [2.24, 2.45) is 10.9 Å². The highest BCUT2D eigenvalue weighted by molar-refractivity contribution is 5.80. The number of ether oxygens (including phenoxy) is 2. The van der Waals surface area contributed by atoms with Crippen molar-refractivity contribution in [2.45, 2.75) is 44.8 Å². The maximum atomic E-state index is 5.89. The predicted molar refractivity (Wildman–Crippen MR) is 101 cm³/mol. The van der Waals surface area contributed by atoms with Gasteiger partial charge in [0.05, 0.1) is 19.3 Å². The minimum atomic E-state index is 0.225. The van der Waals surface area contributed by atoms with E-state index in [0.29, 0.717) is 18.4 Å². The third-order valence-electron chi connectivity index (χ3n) is 4.83. The summed E-state index contributed by atoms with van der Waals surface area (Å²) in [6, 6.07) is 11.0. The van der Waals surface area contributed by atoms with Crippen LogP contribution >= 0.6 is 0 Å². The van der Waals surface area contributed by atoms with E-state index in [1.807, 2.05) is 0 Å². The maximum Gasteiger partial charge on any atom is 0.191 e. The Labute approximate surface area is 151 Å². The smallest absolute Gasteiger partial charge is 0.191 e. The van der Waals surface area contributed by atoms with Crippen LogP contribution in [-0.2, 0) is 9.47 Å². The van der Waals surface area contributed by atoms with Crippen molar-refractivity contribution >= 4 is 5.96 Å². The maximum absolute atomic E-state index is 5.89. The third kappa shape index (κ3) is 5.72. The first kappa shape index (κ1) is 18.2. The van der Waals surface area contributed by atoms with Crippen LogP contribution in [0.4, 0.5) is 0 Å². The highest BCUT2D eigenvalue weighted by Crippen LogP contribution is 2.47. The second-order valence-electron chi connectivity index (χ2n) is 7.10. The molecule has 0 amide bonds. The van der Waals surface area contributed by atoms with E-state index in [0.717, 1.165) is 38.7 Å². The lowest BCUT2D eigenvalue weighted by Crippen LogP contribution is -2.44. The Hall–Kier alpha value is -1.59. The van der Waals surface area contributed by atoms with Gasteiger partial charge in [0.2, 0.25) is 0 Å². The zero-order valence-electron chi connectivity index (χ0n) is 15.4. The minimum Gasteiger partial charge on any atom is -0.379 e. The molecule has 2 aliphatic rings. The first-order chi connectivity index (χ1) is 12.3. The fraction of sp³-hybridized carbons (Fsp3) is 0.650. The van der Waals surface area contributed by atoms with Crippen molar-refractivity contribution in [3.8, 4) is 0 Å². The van der Waals surface area contributed by atoms with Crippen molar-refractivity contribution in [2.75, 3.05) is 32.9 Å². The number of guanidine groups is 1. The summed E-state index contributed by atoms with van der Waals surface area (Å²) in [5, 5.41) is 6.79. The highest BCUT2D eigenvalue weighted by atomic mass is 16.5. The Kier molecular flexibility index (Phi) is 6.70. The van der Waals surface area contributed by atoms with Crippen LogP contribution in [0.5, 0.6) is 0 Å². The number of nitrogens with zero attached hydrogens (tertiary/aromatic N) is 1. The van der Waals surface area contributed by atoms with E-state index in [2.05, 4.69) is 54.8 Å². The molecule has 0 spiro atoms. The predicted octanol–water partition coefficient (Wildman–Crippen LogP) is 2.54. The van der Waals surface area contributed by atoms with Gasteiger partial charge in [-0.1, -0.05) is 30.3 Å². The van der Waals surface area contributed by atoms with Gasteiger partial charge in [-0.15, -0.1) is 0 Å². The van der Waals surface area contributed by atoms with Crippen molar-refractivity contribution in [3.63, 3.8) is 0 Å². The molecular weight excluding hydrogens is 314 g/mol. The van der Waals surface area contributed by atoms with Gasteiger partial charge in [-0.05, 0) is 44.1 Å². The first-order valence-electron chi connectivity index (χ1n) is 9.55. The molecule has 0 bridgehead atoms. The van der Waals surface area contributed by atoms with Crippen LogP contribution in [0.25, 0.3) is 0 Å². The van der Waals surface area contributed by atoms with Crippen LogP contribution in [0.1, 0.15) is 38.2 Å². The van der Waals surface area contributed by atoms with E-state index in [9.17, 15) is 0 Å². The molecule has 0 aromatic heterocycles. The molecule has 25 heavy (non-hydrogen) atoms. The van der Waals surface area contributed by atoms with Crippen LogP contribution in [0.15, 0.2) is 35.3 Å². The van der Waals surface area contributed by atoms with Crippen LogP contribution < -0.4 is 10.6 Å². The topological polar surface area (TPSA) is 54.9 Å². The number of nitrogens with one attached hydrogen (secondary N) is 2. The SMILES string of the molecule is CCNC(=NCC1CC1c1ccccc1)NC(C)COC1CCOC1. The summed E-state index contributed by atoms with van der Waals surface area (Å²) in [6.07, 6.45) is 2.50. The number of hydrogen-bond acceptors (Lipinski definition) is 3. The molecule has 0 radical (unpaired) electrons. The van der Waals surface area contributed by atoms with Crippen molar-refractivity contribution in [3.05, 3.63) is 35.9 Å². The lowest BCUT2D eigenvalue weighted by Gasteiger charge is -2.19. The van der Waals surface area contributed by atoms with Gasteiger partial charge in [-0.2, -0.15) is 0 Å². The van der Waals surface area contributed by atoms with Crippen LogP contribution in [-0.4, -0.2) is 51.0 Å². The molecule has 1 aliphatic heterocycles. The molecule has 1 aromatic carbocycles. The number of aliphatic imine (C=N–C) groups is 1. The molecule has 5 heteroatoms. The molecular formula is C20H31N3O2. The monoisotopic (exact) mass is 345 g/mol. The van der Waals surface area contributed by atoms with Crippen LogP contribution in [0.3, 0.4) is 0 Å². The van der Waals surface area contributed by atoms with Gasteiger partial charge >= 0.3 is 0 Å². The molecule has 2 fully saturated rings. The normalized spacial score (nSPS) is 27.1. The summed E-state index contributed by atoms with van der Waals surface area (Å²) in [6.45, 7) is 8.19. The van der Waals surface area contributed by atoms with E-state index >= 15 is 0 Å². The van der Waals surface area contributed by atoms with E-state index in [4.69, 9.17) is 14.5 Å². The standard InChI is InChI=1S/C20H31N3O2/c1-3-21-20(23-15(2)13-25-18-9-10-24-14-18)22-12-17-11-19(17)16-7-5-4-6-8-16/h4-8,15,17-19H,3,9-14H2,1-2H3,(H2,21,22,23). The quantitative estimate of drug-likeness (QED) is 0.562. The molecule has 4 unspecified atom stereocenters. The average Bonchev–Trinajstić information content (AvgIpc) is 3.22. The van der Waals surface area contributed by atoms with Crippen molar-refractivity contribution < 1.29 is 9.47 Å². The summed E-state index contributed by atoms with van der Waals surface area (Å²) < 4.78 is 11.2.